The molecule has 0 unspecified atom stereocenters. The Balaban J connectivity index is 1.91. The number of aromatic nitrogens is 3. The van der Waals surface area contributed by atoms with Crippen molar-refractivity contribution in [2.45, 2.75) is 26.9 Å². The van der Waals surface area contributed by atoms with Crippen molar-refractivity contribution in [2.75, 3.05) is 6.61 Å². The highest BCUT2D eigenvalue weighted by molar-refractivity contribution is 5.81. The molecule has 0 fully saturated rings. The van der Waals surface area contributed by atoms with Crippen LogP contribution in [0.2, 0.25) is 0 Å². The maximum absolute atomic E-state index is 12.9. The second kappa shape index (κ2) is 8.08. The Hall–Kier alpha value is -3.42. The zero-order chi connectivity index (χ0) is 20.3. The molecule has 0 bridgehead atoms. The molecule has 0 aliphatic carbocycles. The Morgan fingerprint density at radius 3 is 2.57 bits per heavy atom. The molecule has 0 saturated heterocycles. The lowest BCUT2D eigenvalue weighted by Gasteiger charge is -2.13. The van der Waals surface area contributed by atoms with Gasteiger partial charge >= 0.3 is 5.69 Å². The highest BCUT2D eigenvalue weighted by Gasteiger charge is 2.17. The SMILES string of the molecule is CCOc1ccnc2c1c(=O)n(CC(=O)NCc1ccc(C)cc1)c(=O)n2C. The molecule has 0 aliphatic rings. The number of amides is 1. The smallest absolute Gasteiger partial charge is 0.332 e. The van der Waals surface area contributed by atoms with Crippen LogP contribution in [0, 0.1) is 6.92 Å². The molecule has 0 saturated carbocycles. The summed E-state index contributed by atoms with van der Waals surface area (Å²) in [4.78, 5) is 41.9. The van der Waals surface area contributed by atoms with Crippen LogP contribution in [-0.4, -0.2) is 26.6 Å². The normalized spacial score (nSPS) is 10.8. The van der Waals surface area contributed by atoms with Crippen LogP contribution in [0.1, 0.15) is 18.1 Å². The number of ether oxygens (including phenoxy) is 1. The molecule has 2 aromatic heterocycles. The van der Waals surface area contributed by atoms with Crippen molar-refractivity contribution >= 4 is 16.9 Å². The number of aryl methyl sites for hydroxylation is 2. The second-order valence-corrected chi connectivity index (χ2v) is 6.44. The minimum atomic E-state index is -0.607. The van der Waals surface area contributed by atoms with E-state index < -0.39 is 17.2 Å². The zero-order valence-corrected chi connectivity index (χ0v) is 16.1. The van der Waals surface area contributed by atoms with Gasteiger partial charge in [0.05, 0.1) is 6.61 Å². The lowest BCUT2D eigenvalue weighted by atomic mass is 10.1. The van der Waals surface area contributed by atoms with Gasteiger partial charge in [-0.3, -0.25) is 14.2 Å². The van der Waals surface area contributed by atoms with E-state index in [1.54, 1.807) is 13.0 Å². The van der Waals surface area contributed by atoms with E-state index in [-0.39, 0.29) is 17.6 Å². The Bertz CT molecular complexity index is 1130. The predicted octanol–water partition coefficient (Wildman–Crippen LogP) is 1.12. The van der Waals surface area contributed by atoms with E-state index in [0.717, 1.165) is 15.7 Å². The molecule has 146 valence electrons. The first kappa shape index (κ1) is 19.3. The summed E-state index contributed by atoms with van der Waals surface area (Å²) in [5.41, 5.74) is 1.07. The number of nitrogens with one attached hydrogen (secondary N) is 1. The van der Waals surface area contributed by atoms with E-state index in [2.05, 4.69) is 10.3 Å². The maximum Gasteiger partial charge on any atom is 0.332 e. The van der Waals surface area contributed by atoms with Crippen molar-refractivity contribution in [3.8, 4) is 5.75 Å². The quantitative estimate of drug-likeness (QED) is 0.689. The number of fused-ring (bicyclic) bond motifs is 1. The predicted molar refractivity (Wildman–Crippen MR) is 105 cm³/mol. The van der Waals surface area contributed by atoms with E-state index in [1.807, 2.05) is 31.2 Å². The monoisotopic (exact) mass is 382 g/mol. The summed E-state index contributed by atoms with van der Waals surface area (Å²) in [6.45, 7) is 4.07. The molecule has 1 amide bonds. The number of carbonyl (C=O) groups is 1. The Morgan fingerprint density at radius 1 is 1.18 bits per heavy atom. The highest BCUT2D eigenvalue weighted by atomic mass is 16.5. The molecule has 2 heterocycles. The van der Waals surface area contributed by atoms with Crippen LogP contribution in [-0.2, 0) is 24.9 Å². The molecule has 8 heteroatoms. The first-order valence-electron chi connectivity index (χ1n) is 8.96. The summed E-state index contributed by atoms with van der Waals surface area (Å²) in [6, 6.07) is 9.30. The van der Waals surface area contributed by atoms with Crippen molar-refractivity contribution in [1.29, 1.82) is 0 Å². The average Bonchev–Trinajstić information content (AvgIpc) is 2.69. The van der Waals surface area contributed by atoms with Gasteiger partial charge in [0.15, 0.2) is 5.65 Å². The van der Waals surface area contributed by atoms with Crippen molar-refractivity contribution in [3.05, 3.63) is 68.5 Å². The van der Waals surface area contributed by atoms with E-state index in [1.165, 1.54) is 17.8 Å². The fourth-order valence-corrected chi connectivity index (χ4v) is 2.90. The fraction of sp³-hybridized carbons (Fsp3) is 0.300. The average molecular weight is 382 g/mol. The van der Waals surface area contributed by atoms with Crippen LogP contribution < -0.4 is 21.3 Å². The molecule has 0 aliphatic heterocycles. The van der Waals surface area contributed by atoms with Crippen LogP contribution in [0.15, 0.2) is 46.1 Å². The van der Waals surface area contributed by atoms with Crippen molar-refractivity contribution < 1.29 is 9.53 Å². The molecule has 0 atom stereocenters. The second-order valence-electron chi connectivity index (χ2n) is 6.44. The van der Waals surface area contributed by atoms with Crippen LogP contribution in [0.5, 0.6) is 5.75 Å². The van der Waals surface area contributed by atoms with Gasteiger partial charge in [0, 0.05) is 19.8 Å². The number of hydrogen-bond acceptors (Lipinski definition) is 5. The van der Waals surface area contributed by atoms with Gasteiger partial charge in [0.1, 0.15) is 17.7 Å². The van der Waals surface area contributed by atoms with Gasteiger partial charge in [-0.2, -0.15) is 0 Å². The molecule has 0 radical (unpaired) electrons. The van der Waals surface area contributed by atoms with Gasteiger partial charge in [-0.15, -0.1) is 0 Å². The third-order valence-electron chi connectivity index (χ3n) is 4.40. The highest BCUT2D eigenvalue weighted by Crippen LogP contribution is 2.18. The van der Waals surface area contributed by atoms with Crippen molar-refractivity contribution in [3.63, 3.8) is 0 Å². The number of benzene rings is 1. The van der Waals surface area contributed by atoms with Crippen LogP contribution >= 0.6 is 0 Å². The minimum Gasteiger partial charge on any atom is -0.493 e. The largest absolute Gasteiger partial charge is 0.493 e. The topological polar surface area (TPSA) is 95.2 Å². The summed E-state index contributed by atoms with van der Waals surface area (Å²) >= 11 is 0. The Labute approximate surface area is 161 Å². The number of rotatable bonds is 6. The standard InChI is InChI=1S/C20H22N4O4/c1-4-28-15-9-10-21-18-17(15)19(26)24(20(27)23(18)3)12-16(25)22-11-14-7-5-13(2)6-8-14/h5-10H,4,11-12H2,1-3H3,(H,22,25). The number of hydrogen-bond donors (Lipinski definition) is 1. The van der Waals surface area contributed by atoms with Gasteiger partial charge in [-0.25, -0.2) is 14.3 Å². The van der Waals surface area contributed by atoms with Gasteiger partial charge in [-0.1, -0.05) is 29.8 Å². The van der Waals surface area contributed by atoms with Crippen LogP contribution in [0.25, 0.3) is 11.0 Å². The maximum atomic E-state index is 12.9. The third kappa shape index (κ3) is 3.80. The fourth-order valence-electron chi connectivity index (χ4n) is 2.90. The van der Waals surface area contributed by atoms with Gasteiger partial charge in [0.2, 0.25) is 5.91 Å². The molecule has 3 aromatic rings. The summed E-state index contributed by atoms with van der Waals surface area (Å²) in [5.74, 6) is -0.0945. The lowest BCUT2D eigenvalue weighted by molar-refractivity contribution is -0.121. The lowest BCUT2D eigenvalue weighted by Crippen LogP contribution is -2.43. The van der Waals surface area contributed by atoms with Crippen LogP contribution in [0.4, 0.5) is 0 Å². The molecular formula is C20H22N4O4. The summed E-state index contributed by atoms with van der Waals surface area (Å²) < 4.78 is 7.64. The van der Waals surface area contributed by atoms with Crippen molar-refractivity contribution in [2.24, 2.45) is 7.05 Å². The molecule has 1 aromatic carbocycles. The van der Waals surface area contributed by atoms with Crippen molar-refractivity contribution in [1.82, 2.24) is 19.4 Å². The zero-order valence-electron chi connectivity index (χ0n) is 16.1. The molecule has 3 rings (SSSR count). The van der Waals surface area contributed by atoms with Crippen LogP contribution in [0.3, 0.4) is 0 Å². The molecule has 8 nitrogen and oxygen atoms in total. The third-order valence-corrected chi connectivity index (χ3v) is 4.40. The van der Waals surface area contributed by atoms with Gasteiger partial charge < -0.3 is 10.1 Å². The summed E-state index contributed by atoms with van der Waals surface area (Å²) in [6.07, 6.45) is 1.48. The first-order valence-corrected chi connectivity index (χ1v) is 8.96. The van der Waals surface area contributed by atoms with Gasteiger partial charge in [0.25, 0.3) is 5.56 Å². The van der Waals surface area contributed by atoms with E-state index in [9.17, 15) is 14.4 Å². The summed E-state index contributed by atoms with van der Waals surface area (Å²) in [7, 11) is 1.51. The van der Waals surface area contributed by atoms with E-state index in [0.29, 0.717) is 18.9 Å². The summed E-state index contributed by atoms with van der Waals surface area (Å²) in [5, 5.41) is 2.91. The van der Waals surface area contributed by atoms with E-state index >= 15 is 0 Å². The molecule has 0 spiro atoms. The molecular weight excluding hydrogens is 360 g/mol. The first-order chi connectivity index (χ1) is 13.4. The molecule has 1 N–H and O–H groups in total. The number of carbonyl (C=O) groups excluding carboxylic acids is 1. The minimum absolute atomic E-state index is 0.179. The molecule has 28 heavy (non-hydrogen) atoms. The Kier molecular flexibility index (Phi) is 5.58. The van der Waals surface area contributed by atoms with E-state index in [4.69, 9.17) is 4.74 Å². The Morgan fingerprint density at radius 2 is 1.89 bits per heavy atom. The van der Waals surface area contributed by atoms with Gasteiger partial charge in [-0.05, 0) is 25.5 Å². The number of pyridine rings is 1. The number of nitrogens with zero attached hydrogens (tertiary/aromatic N) is 3.